The summed E-state index contributed by atoms with van der Waals surface area (Å²) in [5.74, 6) is -0.156. The number of aliphatic hydroxyl groups is 1. The second-order valence-corrected chi connectivity index (χ2v) is 6.25. The third-order valence-electron chi connectivity index (χ3n) is 2.61. The fourth-order valence-electron chi connectivity index (χ4n) is 2.01. The Bertz CT molecular complexity index is 290. The van der Waals surface area contributed by atoms with E-state index in [9.17, 15) is 8.42 Å². The quantitative estimate of drug-likeness (QED) is 0.688. The first-order valence-electron chi connectivity index (χ1n) is 5.22. The van der Waals surface area contributed by atoms with Crippen LogP contribution in [0.4, 0.5) is 0 Å². The van der Waals surface area contributed by atoms with Gasteiger partial charge in [0.1, 0.15) is 0 Å². The normalized spacial score (nSPS) is 23.9. The maximum atomic E-state index is 11.8. The van der Waals surface area contributed by atoms with Crippen molar-refractivity contribution in [2.45, 2.75) is 18.9 Å². The van der Waals surface area contributed by atoms with Gasteiger partial charge in [0.25, 0.3) is 0 Å². The second-order valence-electron chi connectivity index (χ2n) is 4.21. The van der Waals surface area contributed by atoms with Gasteiger partial charge < -0.3 is 10.0 Å². The highest BCUT2D eigenvalue weighted by Gasteiger charge is 2.33. The molecule has 0 aliphatic carbocycles. The molecule has 0 aromatic heterocycles. The molecular weight excluding hydrogens is 216 g/mol. The number of nitrogens with zero attached hydrogens (tertiary/aromatic N) is 2. The van der Waals surface area contributed by atoms with Gasteiger partial charge in [-0.25, -0.2) is 8.42 Å². The van der Waals surface area contributed by atoms with Gasteiger partial charge in [-0.2, -0.15) is 4.31 Å². The lowest BCUT2D eigenvalue weighted by Gasteiger charge is -2.26. The minimum atomic E-state index is -3.25. The van der Waals surface area contributed by atoms with Crippen LogP contribution in [-0.4, -0.2) is 68.3 Å². The molecule has 0 aromatic rings. The fourth-order valence-corrected chi connectivity index (χ4v) is 3.51. The first-order valence-corrected chi connectivity index (χ1v) is 6.83. The molecule has 1 unspecified atom stereocenters. The van der Waals surface area contributed by atoms with Gasteiger partial charge in [-0.3, -0.25) is 0 Å². The van der Waals surface area contributed by atoms with Crippen molar-refractivity contribution in [3.05, 3.63) is 0 Å². The molecule has 0 spiro atoms. The van der Waals surface area contributed by atoms with E-state index in [1.54, 1.807) is 4.31 Å². The van der Waals surface area contributed by atoms with Crippen LogP contribution in [0.2, 0.25) is 0 Å². The SMILES string of the molecule is CN(C)CC1CCCN1S(=O)(=O)CCO. The van der Waals surface area contributed by atoms with Crippen LogP contribution < -0.4 is 0 Å². The Morgan fingerprint density at radius 2 is 2.13 bits per heavy atom. The van der Waals surface area contributed by atoms with Gasteiger partial charge in [-0.1, -0.05) is 0 Å². The average Bonchev–Trinajstić information content (AvgIpc) is 2.51. The van der Waals surface area contributed by atoms with Gasteiger partial charge in [-0.05, 0) is 26.9 Å². The molecule has 1 rings (SSSR count). The maximum absolute atomic E-state index is 11.8. The topological polar surface area (TPSA) is 60.9 Å². The Hall–Kier alpha value is -0.170. The van der Waals surface area contributed by atoms with Crippen LogP contribution >= 0.6 is 0 Å². The van der Waals surface area contributed by atoms with Gasteiger partial charge in [0, 0.05) is 19.1 Å². The van der Waals surface area contributed by atoms with Gasteiger partial charge in [0.2, 0.25) is 10.0 Å². The predicted octanol–water partition coefficient (Wildman–Crippen LogP) is -0.665. The summed E-state index contributed by atoms with van der Waals surface area (Å²) >= 11 is 0. The summed E-state index contributed by atoms with van der Waals surface area (Å²) in [6, 6.07) is 0.0801. The largest absolute Gasteiger partial charge is 0.395 e. The first-order chi connectivity index (χ1) is 6.97. The van der Waals surface area contributed by atoms with Gasteiger partial charge in [0.15, 0.2) is 0 Å². The molecule has 1 fully saturated rings. The smallest absolute Gasteiger partial charge is 0.216 e. The molecule has 0 aromatic carbocycles. The summed E-state index contributed by atoms with van der Waals surface area (Å²) in [6.45, 7) is 1.05. The third kappa shape index (κ3) is 3.41. The molecular formula is C9H20N2O3S. The lowest BCUT2D eigenvalue weighted by atomic mass is 10.2. The zero-order valence-electron chi connectivity index (χ0n) is 9.39. The Balaban J connectivity index is 2.67. The second kappa shape index (κ2) is 5.25. The van der Waals surface area contributed by atoms with E-state index < -0.39 is 10.0 Å². The molecule has 1 aliphatic rings. The minimum Gasteiger partial charge on any atom is -0.395 e. The van der Waals surface area contributed by atoms with Gasteiger partial charge in [0.05, 0.1) is 12.4 Å². The van der Waals surface area contributed by atoms with Crippen LogP contribution in [0.3, 0.4) is 0 Å². The van der Waals surface area contributed by atoms with Crippen LogP contribution in [0.15, 0.2) is 0 Å². The highest BCUT2D eigenvalue weighted by molar-refractivity contribution is 7.89. The standard InChI is InChI=1S/C9H20N2O3S/c1-10(2)8-9-4-3-5-11(9)15(13,14)7-6-12/h9,12H,3-8H2,1-2H3. The molecule has 0 radical (unpaired) electrons. The Morgan fingerprint density at radius 1 is 1.47 bits per heavy atom. The number of sulfonamides is 1. The number of aliphatic hydroxyl groups excluding tert-OH is 1. The van der Waals surface area contributed by atoms with E-state index in [2.05, 4.69) is 0 Å². The van der Waals surface area contributed by atoms with Gasteiger partial charge in [-0.15, -0.1) is 0 Å². The van der Waals surface area contributed by atoms with Crippen molar-refractivity contribution in [1.82, 2.24) is 9.21 Å². The number of hydrogen-bond donors (Lipinski definition) is 1. The lowest BCUT2D eigenvalue weighted by molar-refractivity contribution is 0.284. The average molecular weight is 236 g/mol. The van der Waals surface area contributed by atoms with Crippen molar-refractivity contribution >= 4 is 10.0 Å². The summed E-state index contributed by atoms with van der Waals surface area (Å²) in [7, 11) is 0.631. The maximum Gasteiger partial charge on any atom is 0.216 e. The minimum absolute atomic E-state index is 0.0801. The van der Waals surface area contributed by atoms with E-state index in [0.717, 1.165) is 19.4 Å². The summed E-state index contributed by atoms with van der Waals surface area (Å²) in [4.78, 5) is 2.00. The molecule has 1 saturated heterocycles. The van der Waals surface area contributed by atoms with Crippen LogP contribution in [0.5, 0.6) is 0 Å². The molecule has 6 heteroatoms. The first kappa shape index (κ1) is 12.9. The lowest BCUT2D eigenvalue weighted by Crippen LogP contribution is -2.42. The molecule has 1 N–H and O–H groups in total. The van der Waals surface area contributed by atoms with E-state index in [1.807, 2.05) is 19.0 Å². The molecule has 5 nitrogen and oxygen atoms in total. The molecule has 0 amide bonds. The van der Waals surface area contributed by atoms with Crippen molar-refractivity contribution < 1.29 is 13.5 Å². The molecule has 1 aliphatic heterocycles. The molecule has 1 atom stereocenters. The monoisotopic (exact) mass is 236 g/mol. The summed E-state index contributed by atoms with van der Waals surface area (Å²) in [6.07, 6.45) is 1.84. The fraction of sp³-hybridized carbons (Fsp3) is 1.00. The highest BCUT2D eigenvalue weighted by atomic mass is 32.2. The van der Waals surface area contributed by atoms with E-state index in [-0.39, 0.29) is 18.4 Å². The molecule has 1 heterocycles. The zero-order valence-corrected chi connectivity index (χ0v) is 10.2. The van der Waals surface area contributed by atoms with Crippen LogP contribution in [0.25, 0.3) is 0 Å². The third-order valence-corrected chi connectivity index (χ3v) is 4.50. The van der Waals surface area contributed by atoms with E-state index in [0.29, 0.717) is 6.54 Å². The van der Waals surface area contributed by atoms with E-state index >= 15 is 0 Å². The Morgan fingerprint density at radius 3 is 2.67 bits per heavy atom. The van der Waals surface area contributed by atoms with E-state index in [1.165, 1.54) is 0 Å². The number of hydrogen-bond acceptors (Lipinski definition) is 4. The molecule has 0 bridgehead atoms. The van der Waals surface area contributed by atoms with Crippen molar-refractivity contribution in [3.8, 4) is 0 Å². The van der Waals surface area contributed by atoms with Crippen LogP contribution in [-0.2, 0) is 10.0 Å². The van der Waals surface area contributed by atoms with Crippen molar-refractivity contribution in [2.24, 2.45) is 0 Å². The molecule has 15 heavy (non-hydrogen) atoms. The number of rotatable bonds is 5. The van der Waals surface area contributed by atoms with Crippen molar-refractivity contribution in [1.29, 1.82) is 0 Å². The molecule has 0 saturated carbocycles. The summed E-state index contributed by atoms with van der Waals surface area (Å²) in [5.41, 5.74) is 0. The van der Waals surface area contributed by atoms with Gasteiger partial charge >= 0.3 is 0 Å². The highest BCUT2D eigenvalue weighted by Crippen LogP contribution is 2.21. The summed E-state index contributed by atoms with van der Waals surface area (Å²) < 4.78 is 25.1. The van der Waals surface area contributed by atoms with Crippen molar-refractivity contribution in [2.75, 3.05) is 39.5 Å². The molecule has 90 valence electrons. The summed E-state index contributed by atoms with van der Waals surface area (Å²) in [5, 5.41) is 8.71. The Labute approximate surface area is 91.7 Å². The predicted molar refractivity (Wildman–Crippen MR) is 59.2 cm³/mol. The van der Waals surface area contributed by atoms with Crippen LogP contribution in [0, 0.1) is 0 Å². The Kier molecular flexibility index (Phi) is 4.51. The number of likely N-dealkylation sites (N-methyl/N-ethyl adjacent to an activating group) is 1. The zero-order chi connectivity index (χ0) is 11.5. The van der Waals surface area contributed by atoms with E-state index in [4.69, 9.17) is 5.11 Å². The van der Waals surface area contributed by atoms with Crippen molar-refractivity contribution in [3.63, 3.8) is 0 Å². The van der Waals surface area contributed by atoms with Crippen LogP contribution in [0.1, 0.15) is 12.8 Å².